The van der Waals surface area contributed by atoms with Crippen molar-refractivity contribution in [3.8, 4) is 0 Å². The monoisotopic (exact) mass is 403 g/mol. The summed E-state index contributed by atoms with van der Waals surface area (Å²) in [7, 11) is 0. The Hall–Kier alpha value is -2.80. The van der Waals surface area contributed by atoms with Crippen molar-refractivity contribution in [2.75, 3.05) is 25.0 Å². The van der Waals surface area contributed by atoms with Crippen LogP contribution in [0, 0.1) is 0 Å². The van der Waals surface area contributed by atoms with Crippen molar-refractivity contribution in [2.24, 2.45) is 0 Å². The van der Waals surface area contributed by atoms with Crippen LogP contribution in [0.1, 0.15) is 46.6 Å². The average molecular weight is 404 g/mol. The Balaban J connectivity index is 1.52. The lowest BCUT2D eigenvalue weighted by Gasteiger charge is -2.18. The Morgan fingerprint density at radius 1 is 1.14 bits per heavy atom. The SMILES string of the molecule is O=C(CCCNC(=O)c1ccco1)Nc1ccc(Cl)cc1C(=O)N1CCCC1. The summed E-state index contributed by atoms with van der Waals surface area (Å²) in [4.78, 5) is 38.5. The second kappa shape index (κ2) is 9.41. The van der Waals surface area contributed by atoms with Crippen molar-refractivity contribution in [1.82, 2.24) is 10.2 Å². The first-order chi connectivity index (χ1) is 13.5. The van der Waals surface area contributed by atoms with Crippen LogP contribution in [-0.2, 0) is 4.79 Å². The van der Waals surface area contributed by atoms with Gasteiger partial charge in [-0.2, -0.15) is 0 Å². The van der Waals surface area contributed by atoms with E-state index in [9.17, 15) is 14.4 Å². The van der Waals surface area contributed by atoms with Gasteiger partial charge < -0.3 is 20.0 Å². The molecule has 0 saturated carbocycles. The summed E-state index contributed by atoms with van der Waals surface area (Å²) < 4.78 is 5.00. The van der Waals surface area contributed by atoms with Gasteiger partial charge >= 0.3 is 0 Å². The molecule has 2 N–H and O–H groups in total. The lowest BCUT2D eigenvalue weighted by atomic mass is 10.1. The summed E-state index contributed by atoms with van der Waals surface area (Å²) in [6.07, 6.45) is 4.06. The zero-order valence-electron chi connectivity index (χ0n) is 15.4. The third-order valence-electron chi connectivity index (χ3n) is 4.49. The minimum atomic E-state index is -0.318. The maximum absolute atomic E-state index is 12.7. The highest BCUT2D eigenvalue weighted by Gasteiger charge is 2.22. The Bertz CT molecular complexity index is 845. The van der Waals surface area contributed by atoms with E-state index in [-0.39, 0.29) is 29.9 Å². The van der Waals surface area contributed by atoms with E-state index < -0.39 is 0 Å². The molecule has 0 atom stereocenters. The van der Waals surface area contributed by atoms with E-state index in [1.807, 2.05) is 0 Å². The molecule has 2 aromatic rings. The molecule has 1 saturated heterocycles. The first-order valence-corrected chi connectivity index (χ1v) is 9.63. The van der Waals surface area contributed by atoms with Gasteiger partial charge in [-0.05, 0) is 49.6 Å². The van der Waals surface area contributed by atoms with E-state index in [1.165, 1.54) is 6.26 Å². The highest BCUT2D eigenvalue weighted by Crippen LogP contribution is 2.24. The second-order valence-corrected chi connectivity index (χ2v) is 7.01. The number of amides is 3. The smallest absolute Gasteiger partial charge is 0.286 e. The maximum Gasteiger partial charge on any atom is 0.286 e. The summed E-state index contributed by atoms with van der Waals surface area (Å²) >= 11 is 6.05. The van der Waals surface area contributed by atoms with Crippen LogP contribution in [0.4, 0.5) is 5.69 Å². The van der Waals surface area contributed by atoms with Crippen molar-refractivity contribution < 1.29 is 18.8 Å². The molecule has 0 radical (unpaired) electrons. The largest absolute Gasteiger partial charge is 0.459 e. The average Bonchev–Trinajstić information content (AvgIpc) is 3.39. The fourth-order valence-corrected chi connectivity index (χ4v) is 3.22. The molecule has 28 heavy (non-hydrogen) atoms. The van der Waals surface area contributed by atoms with Gasteiger partial charge in [-0.3, -0.25) is 14.4 Å². The summed E-state index contributed by atoms with van der Waals surface area (Å²) in [6, 6.07) is 8.07. The molecule has 0 aliphatic carbocycles. The third kappa shape index (κ3) is 5.13. The number of furan rings is 1. The molecule has 1 fully saturated rings. The van der Waals surface area contributed by atoms with Gasteiger partial charge in [0, 0.05) is 31.1 Å². The minimum absolute atomic E-state index is 0.124. The second-order valence-electron chi connectivity index (χ2n) is 6.57. The van der Waals surface area contributed by atoms with Crippen LogP contribution in [0.2, 0.25) is 5.02 Å². The highest BCUT2D eigenvalue weighted by molar-refractivity contribution is 6.31. The Morgan fingerprint density at radius 2 is 1.93 bits per heavy atom. The molecule has 1 aromatic carbocycles. The fourth-order valence-electron chi connectivity index (χ4n) is 3.05. The molecular formula is C20H22ClN3O4. The summed E-state index contributed by atoms with van der Waals surface area (Å²) in [5.41, 5.74) is 0.847. The van der Waals surface area contributed by atoms with Crippen LogP contribution in [-0.4, -0.2) is 42.3 Å². The molecule has 3 rings (SSSR count). The quantitative estimate of drug-likeness (QED) is 0.694. The minimum Gasteiger partial charge on any atom is -0.459 e. The first kappa shape index (κ1) is 19.9. The molecule has 0 unspecified atom stereocenters. The summed E-state index contributed by atoms with van der Waals surface area (Å²) in [5, 5.41) is 5.91. The van der Waals surface area contributed by atoms with E-state index >= 15 is 0 Å². The number of hydrogen-bond acceptors (Lipinski definition) is 4. The lowest BCUT2D eigenvalue weighted by Crippen LogP contribution is -2.29. The van der Waals surface area contributed by atoms with Gasteiger partial charge in [0.25, 0.3) is 11.8 Å². The number of carbonyl (C=O) groups is 3. The van der Waals surface area contributed by atoms with Crippen LogP contribution < -0.4 is 10.6 Å². The van der Waals surface area contributed by atoms with E-state index in [2.05, 4.69) is 10.6 Å². The van der Waals surface area contributed by atoms with E-state index in [0.717, 1.165) is 12.8 Å². The molecule has 3 amide bonds. The van der Waals surface area contributed by atoms with Crippen LogP contribution >= 0.6 is 11.6 Å². The van der Waals surface area contributed by atoms with Crippen LogP contribution in [0.5, 0.6) is 0 Å². The molecule has 148 valence electrons. The van der Waals surface area contributed by atoms with Gasteiger partial charge in [0.2, 0.25) is 5.91 Å². The van der Waals surface area contributed by atoms with Crippen LogP contribution in [0.3, 0.4) is 0 Å². The molecule has 2 heterocycles. The number of benzene rings is 1. The molecule has 1 aliphatic heterocycles. The lowest BCUT2D eigenvalue weighted by molar-refractivity contribution is -0.116. The molecule has 0 spiro atoms. The van der Waals surface area contributed by atoms with E-state index in [0.29, 0.717) is 42.3 Å². The number of rotatable bonds is 7. The Labute approximate surface area is 168 Å². The Morgan fingerprint density at radius 3 is 2.64 bits per heavy atom. The predicted octanol–water partition coefficient (Wildman–Crippen LogP) is 3.32. The van der Waals surface area contributed by atoms with Crippen molar-refractivity contribution >= 4 is 35.0 Å². The van der Waals surface area contributed by atoms with Gasteiger partial charge in [0.1, 0.15) is 0 Å². The molecule has 7 nitrogen and oxygen atoms in total. The number of likely N-dealkylation sites (tertiary alicyclic amines) is 1. The fraction of sp³-hybridized carbons (Fsp3) is 0.350. The van der Waals surface area contributed by atoms with Gasteiger partial charge in [-0.1, -0.05) is 11.6 Å². The van der Waals surface area contributed by atoms with Gasteiger partial charge in [0.05, 0.1) is 17.5 Å². The number of carbonyl (C=O) groups excluding carboxylic acids is 3. The number of hydrogen-bond donors (Lipinski definition) is 2. The number of halogens is 1. The van der Waals surface area contributed by atoms with Gasteiger partial charge in [0.15, 0.2) is 5.76 Å². The van der Waals surface area contributed by atoms with Crippen LogP contribution in [0.15, 0.2) is 41.0 Å². The third-order valence-corrected chi connectivity index (χ3v) is 4.73. The Kier molecular flexibility index (Phi) is 6.71. The van der Waals surface area contributed by atoms with E-state index in [4.69, 9.17) is 16.0 Å². The van der Waals surface area contributed by atoms with Crippen molar-refractivity contribution in [3.05, 3.63) is 52.9 Å². The van der Waals surface area contributed by atoms with Crippen molar-refractivity contribution in [1.29, 1.82) is 0 Å². The zero-order chi connectivity index (χ0) is 19.9. The summed E-state index contributed by atoms with van der Waals surface area (Å²) in [5.74, 6) is -0.441. The molecular weight excluding hydrogens is 382 g/mol. The maximum atomic E-state index is 12.7. The molecule has 0 bridgehead atoms. The number of anilines is 1. The van der Waals surface area contributed by atoms with Gasteiger partial charge in [-0.15, -0.1) is 0 Å². The standard InChI is InChI=1S/C20H22ClN3O4/c21-14-7-8-16(15(13-14)20(27)24-10-1-2-11-24)23-18(25)6-3-9-22-19(26)17-5-4-12-28-17/h4-5,7-8,12-13H,1-3,6,9-11H2,(H,22,26)(H,23,25). The van der Waals surface area contributed by atoms with Crippen molar-refractivity contribution in [3.63, 3.8) is 0 Å². The normalized spacial score (nSPS) is 13.4. The van der Waals surface area contributed by atoms with E-state index in [1.54, 1.807) is 35.2 Å². The van der Waals surface area contributed by atoms with Crippen molar-refractivity contribution in [2.45, 2.75) is 25.7 Å². The zero-order valence-corrected chi connectivity index (χ0v) is 16.1. The highest BCUT2D eigenvalue weighted by atomic mass is 35.5. The first-order valence-electron chi connectivity index (χ1n) is 9.25. The number of nitrogens with zero attached hydrogens (tertiary/aromatic N) is 1. The topological polar surface area (TPSA) is 91.6 Å². The molecule has 1 aliphatic rings. The molecule has 1 aromatic heterocycles. The predicted molar refractivity (Wildman–Crippen MR) is 105 cm³/mol. The molecule has 8 heteroatoms. The van der Waals surface area contributed by atoms with Crippen LogP contribution in [0.25, 0.3) is 0 Å². The van der Waals surface area contributed by atoms with Gasteiger partial charge in [-0.25, -0.2) is 0 Å². The summed E-state index contributed by atoms with van der Waals surface area (Å²) in [6.45, 7) is 1.77. The number of nitrogens with one attached hydrogen (secondary N) is 2.